The average Bonchev–Trinajstić information content (AvgIpc) is 2.73. The lowest BCUT2D eigenvalue weighted by Crippen LogP contribution is -2.07. The molecule has 5 heteroatoms. The van der Waals surface area contributed by atoms with Gasteiger partial charge in [0.05, 0.1) is 5.56 Å². The van der Waals surface area contributed by atoms with Crippen LogP contribution in [0.15, 0.2) is 24.3 Å². The highest BCUT2D eigenvalue weighted by atomic mass is 35.5. The van der Waals surface area contributed by atoms with E-state index in [9.17, 15) is 4.79 Å². The van der Waals surface area contributed by atoms with Gasteiger partial charge in [-0.05, 0) is 24.5 Å². The van der Waals surface area contributed by atoms with Gasteiger partial charge in [0.2, 0.25) is 0 Å². The molecule has 0 saturated heterocycles. The number of hydrogen-bond donors (Lipinski definition) is 1. The van der Waals surface area contributed by atoms with E-state index in [0.29, 0.717) is 34.6 Å². The van der Waals surface area contributed by atoms with Gasteiger partial charge in [-0.25, -0.2) is 4.68 Å². The molecule has 0 atom stereocenters. The number of nitrogens with two attached hydrogens (primary N) is 1. The van der Waals surface area contributed by atoms with Crippen LogP contribution < -0.4 is 5.73 Å². The molecule has 1 aromatic carbocycles. The van der Waals surface area contributed by atoms with Crippen LogP contribution in [-0.2, 0) is 6.54 Å². The molecule has 0 spiro atoms. The quantitative estimate of drug-likeness (QED) is 0.856. The van der Waals surface area contributed by atoms with Crippen molar-refractivity contribution in [1.29, 1.82) is 0 Å². The van der Waals surface area contributed by atoms with Crippen molar-refractivity contribution in [2.45, 2.75) is 26.8 Å². The number of benzene rings is 1. The second-order valence-electron chi connectivity index (χ2n) is 5.18. The van der Waals surface area contributed by atoms with E-state index in [1.54, 1.807) is 16.8 Å². The van der Waals surface area contributed by atoms with Crippen molar-refractivity contribution >= 4 is 23.7 Å². The summed E-state index contributed by atoms with van der Waals surface area (Å²) in [6, 6.07) is 7.22. The largest absolute Gasteiger partial charge is 0.383 e. The van der Waals surface area contributed by atoms with Gasteiger partial charge in [-0.15, -0.1) is 0 Å². The predicted octanol–water partition coefficient (Wildman–Crippen LogP) is 3.64. The van der Waals surface area contributed by atoms with Crippen molar-refractivity contribution in [3.8, 4) is 11.3 Å². The normalized spacial score (nSPS) is 11.0. The Morgan fingerprint density at radius 1 is 1.35 bits per heavy atom. The van der Waals surface area contributed by atoms with Crippen LogP contribution in [0, 0.1) is 5.92 Å². The molecule has 0 aliphatic heterocycles. The fourth-order valence-corrected chi connectivity index (χ4v) is 2.10. The molecule has 0 fully saturated rings. The van der Waals surface area contributed by atoms with E-state index in [2.05, 4.69) is 18.9 Å². The number of aldehydes is 1. The van der Waals surface area contributed by atoms with Crippen molar-refractivity contribution in [2.75, 3.05) is 5.73 Å². The number of nitrogen functional groups attached to an aromatic ring is 1. The lowest BCUT2D eigenvalue weighted by Gasteiger charge is -2.06. The molecule has 0 bridgehead atoms. The van der Waals surface area contributed by atoms with E-state index in [-0.39, 0.29) is 0 Å². The number of hydrogen-bond acceptors (Lipinski definition) is 3. The maximum absolute atomic E-state index is 11.3. The second kappa shape index (κ2) is 6.09. The van der Waals surface area contributed by atoms with Crippen LogP contribution >= 0.6 is 11.6 Å². The Bertz CT molecular complexity index is 602. The second-order valence-corrected chi connectivity index (χ2v) is 5.61. The van der Waals surface area contributed by atoms with E-state index in [0.717, 1.165) is 18.3 Å². The molecule has 2 aromatic rings. The van der Waals surface area contributed by atoms with Gasteiger partial charge >= 0.3 is 0 Å². The minimum absolute atomic E-state index is 0.422. The van der Waals surface area contributed by atoms with Crippen LogP contribution in [0.4, 0.5) is 5.82 Å². The highest BCUT2D eigenvalue weighted by molar-refractivity contribution is 6.30. The standard InChI is InChI=1S/C15H18ClN3O/c1-10(2)7-8-19-15(17)13(9-20)14(18-19)11-3-5-12(16)6-4-11/h3-6,9-10H,7-8,17H2,1-2H3. The number of carbonyl (C=O) groups excluding carboxylic acids is 1. The van der Waals surface area contributed by atoms with Gasteiger partial charge in [0.25, 0.3) is 0 Å². The Hall–Kier alpha value is -1.81. The van der Waals surface area contributed by atoms with E-state index in [1.165, 1.54) is 0 Å². The lowest BCUT2D eigenvalue weighted by atomic mass is 10.1. The molecule has 0 radical (unpaired) electrons. The zero-order valence-corrected chi connectivity index (χ0v) is 12.4. The van der Waals surface area contributed by atoms with Crippen LogP contribution in [-0.4, -0.2) is 16.1 Å². The third-order valence-corrected chi connectivity index (χ3v) is 3.44. The SMILES string of the molecule is CC(C)CCn1nc(-c2ccc(Cl)cc2)c(C=O)c1N. The first kappa shape index (κ1) is 14.6. The summed E-state index contributed by atoms with van der Waals surface area (Å²) < 4.78 is 1.70. The summed E-state index contributed by atoms with van der Waals surface area (Å²) in [5.41, 5.74) is 7.90. The van der Waals surface area contributed by atoms with Gasteiger partial charge in [0.1, 0.15) is 11.5 Å². The summed E-state index contributed by atoms with van der Waals surface area (Å²) >= 11 is 5.87. The van der Waals surface area contributed by atoms with Crippen molar-refractivity contribution in [1.82, 2.24) is 9.78 Å². The molecule has 1 aromatic heterocycles. The van der Waals surface area contributed by atoms with Gasteiger partial charge in [-0.2, -0.15) is 5.10 Å². The van der Waals surface area contributed by atoms with Crippen LogP contribution in [0.1, 0.15) is 30.6 Å². The molecular weight excluding hydrogens is 274 g/mol. The van der Waals surface area contributed by atoms with E-state index in [1.807, 2.05) is 12.1 Å². The maximum Gasteiger partial charge on any atom is 0.156 e. The van der Waals surface area contributed by atoms with Crippen molar-refractivity contribution < 1.29 is 4.79 Å². The molecule has 0 aliphatic rings. The number of anilines is 1. The first-order valence-corrected chi connectivity index (χ1v) is 6.98. The van der Waals surface area contributed by atoms with Crippen LogP contribution in [0.3, 0.4) is 0 Å². The Kier molecular flexibility index (Phi) is 4.45. The topological polar surface area (TPSA) is 60.9 Å². The smallest absolute Gasteiger partial charge is 0.156 e. The Morgan fingerprint density at radius 2 is 2.00 bits per heavy atom. The summed E-state index contributed by atoms with van der Waals surface area (Å²) in [7, 11) is 0. The number of rotatable bonds is 5. The fraction of sp³-hybridized carbons (Fsp3) is 0.333. The third-order valence-electron chi connectivity index (χ3n) is 3.18. The van der Waals surface area contributed by atoms with Crippen LogP contribution in [0.5, 0.6) is 0 Å². The molecule has 0 amide bonds. The third kappa shape index (κ3) is 3.02. The minimum atomic E-state index is 0.422. The predicted molar refractivity (Wildman–Crippen MR) is 81.9 cm³/mol. The van der Waals surface area contributed by atoms with Crippen LogP contribution in [0.25, 0.3) is 11.3 Å². The first-order chi connectivity index (χ1) is 9.52. The monoisotopic (exact) mass is 291 g/mol. The van der Waals surface area contributed by atoms with Gasteiger partial charge < -0.3 is 5.73 Å². The highest BCUT2D eigenvalue weighted by Crippen LogP contribution is 2.27. The van der Waals surface area contributed by atoms with E-state index in [4.69, 9.17) is 17.3 Å². The molecule has 2 N–H and O–H groups in total. The van der Waals surface area contributed by atoms with E-state index < -0.39 is 0 Å². The summed E-state index contributed by atoms with van der Waals surface area (Å²) in [6.07, 6.45) is 1.72. The number of aryl methyl sites for hydroxylation is 1. The maximum atomic E-state index is 11.3. The molecule has 0 saturated carbocycles. The van der Waals surface area contributed by atoms with Gasteiger partial charge in [0.15, 0.2) is 6.29 Å². The molecule has 20 heavy (non-hydrogen) atoms. The summed E-state index contributed by atoms with van der Waals surface area (Å²) in [6.45, 7) is 4.98. The van der Waals surface area contributed by atoms with Crippen molar-refractivity contribution in [3.63, 3.8) is 0 Å². The summed E-state index contributed by atoms with van der Waals surface area (Å²) in [5, 5.41) is 5.12. The highest BCUT2D eigenvalue weighted by Gasteiger charge is 2.16. The molecule has 0 unspecified atom stereocenters. The number of nitrogens with zero attached hydrogens (tertiary/aromatic N) is 2. The Labute approximate surface area is 123 Å². The van der Waals surface area contributed by atoms with Crippen LogP contribution in [0.2, 0.25) is 5.02 Å². The number of carbonyl (C=O) groups is 1. The molecular formula is C15H18ClN3O. The van der Waals surface area contributed by atoms with E-state index >= 15 is 0 Å². The number of halogens is 1. The first-order valence-electron chi connectivity index (χ1n) is 6.60. The van der Waals surface area contributed by atoms with Gasteiger partial charge in [-0.1, -0.05) is 37.6 Å². The Balaban J connectivity index is 2.40. The molecule has 106 valence electrons. The average molecular weight is 292 g/mol. The molecule has 2 rings (SSSR count). The fourth-order valence-electron chi connectivity index (χ4n) is 1.98. The van der Waals surface area contributed by atoms with Crippen molar-refractivity contribution in [2.24, 2.45) is 5.92 Å². The van der Waals surface area contributed by atoms with Gasteiger partial charge in [-0.3, -0.25) is 4.79 Å². The zero-order valence-electron chi connectivity index (χ0n) is 11.6. The van der Waals surface area contributed by atoms with Gasteiger partial charge in [0, 0.05) is 17.1 Å². The lowest BCUT2D eigenvalue weighted by molar-refractivity contribution is 0.112. The molecule has 0 aliphatic carbocycles. The molecule has 1 heterocycles. The van der Waals surface area contributed by atoms with Crippen molar-refractivity contribution in [3.05, 3.63) is 34.9 Å². The summed E-state index contributed by atoms with van der Waals surface area (Å²) in [5.74, 6) is 0.975. The zero-order chi connectivity index (χ0) is 14.7. The molecule has 4 nitrogen and oxygen atoms in total. The number of aromatic nitrogens is 2. The Morgan fingerprint density at radius 3 is 2.55 bits per heavy atom. The summed E-state index contributed by atoms with van der Waals surface area (Å²) in [4.78, 5) is 11.3. The minimum Gasteiger partial charge on any atom is -0.383 e.